The predicted octanol–water partition coefficient (Wildman–Crippen LogP) is 2.82. The van der Waals surface area contributed by atoms with Crippen LogP contribution in [0.2, 0.25) is 0 Å². The van der Waals surface area contributed by atoms with E-state index in [1.807, 2.05) is 18.4 Å². The Morgan fingerprint density at radius 1 is 1.21 bits per heavy atom. The number of thiophene rings is 1. The molecule has 2 amide bonds. The molecule has 3 N–H and O–H groups in total. The van der Waals surface area contributed by atoms with Crippen LogP contribution in [0.1, 0.15) is 20.7 Å². The van der Waals surface area contributed by atoms with Gasteiger partial charge < -0.3 is 11.1 Å². The Hall–Kier alpha value is -1.79. The zero-order chi connectivity index (χ0) is 13.8. The highest BCUT2D eigenvalue weighted by Crippen LogP contribution is 2.23. The molecule has 0 spiro atoms. The lowest BCUT2D eigenvalue weighted by Gasteiger charge is -2.05. The molecule has 0 aliphatic rings. The van der Waals surface area contributed by atoms with Crippen molar-refractivity contribution in [1.29, 1.82) is 0 Å². The van der Waals surface area contributed by atoms with Crippen molar-refractivity contribution in [2.45, 2.75) is 4.90 Å². The summed E-state index contributed by atoms with van der Waals surface area (Å²) in [5.74, 6) is -0.799. The quantitative estimate of drug-likeness (QED) is 0.851. The molecule has 6 heteroatoms. The minimum absolute atomic E-state index is 0.252. The fourth-order valence-corrected chi connectivity index (χ4v) is 2.71. The van der Waals surface area contributed by atoms with Gasteiger partial charge in [-0.05, 0) is 42.0 Å². The van der Waals surface area contributed by atoms with E-state index >= 15 is 0 Å². The lowest BCUT2D eigenvalue weighted by atomic mass is 10.2. The molecule has 0 bridgehead atoms. The molecule has 2 rings (SSSR count). The van der Waals surface area contributed by atoms with Crippen molar-refractivity contribution < 1.29 is 9.59 Å². The third kappa shape index (κ3) is 3.15. The second-order valence-electron chi connectivity index (χ2n) is 3.71. The highest BCUT2D eigenvalue weighted by atomic mass is 32.2. The number of thioether (sulfide) groups is 1. The number of anilines is 1. The van der Waals surface area contributed by atoms with Gasteiger partial charge in [-0.1, -0.05) is 0 Å². The molecule has 1 aromatic heterocycles. The maximum absolute atomic E-state index is 12.0. The number of primary amides is 1. The number of nitrogens with one attached hydrogen (secondary N) is 1. The molecule has 0 unspecified atom stereocenters. The molecule has 19 heavy (non-hydrogen) atoms. The van der Waals surface area contributed by atoms with Gasteiger partial charge in [-0.3, -0.25) is 9.59 Å². The van der Waals surface area contributed by atoms with Gasteiger partial charge in [0.15, 0.2) is 0 Å². The van der Waals surface area contributed by atoms with Crippen LogP contribution in [0.4, 0.5) is 5.00 Å². The van der Waals surface area contributed by atoms with Gasteiger partial charge in [-0.25, -0.2) is 0 Å². The van der Waals surface area contributed by atoms with Crippen LogP contribution in [0.3, 0.4) is 0 Å². The first-order valence-electron chi connectivity index (χ1n) is 5.44. The van der Waals surface area contributed by atoms with Gasteiger partial charge in [0.1, 0.15) is 5.00 Å². The Morgan fingerprint density at radius 2 is 1.89 bits per heavy atom. The van der Waals surface area contributed by atoms with E-state index in [0.29, 0.717) is 16.1 Å². The molecule has 0 aliphatic heterocycles. The second-order valence-corrected chi connectivity index (χ2v) is 5.51. The first-order valence-corrected chi connectivity index (χ1v) is 7.55. The molecule has 0 radical (unpaired) electrons. The molecule has 1 aromatic carbocycles. The van der Waals surface area contributed by atoms with Crippen LogP contribution >= 0.6 is 23.1 Å². The Balaban J connectivity index is 2.16. The van der Waals surface area contributed by atoms with Gasteiger partial charge in [0.05, 0.1) is 5.56 Å². The van der Waals surface area contributed by atoms with Gasteiger partial charge in [0.25, 0.3) is 11.8 Å². The van der Waals surface area contributed by atoms with E-state index in [2.05, 4.69) is 5.32 Å². The van der Waals surface area contributed by atoms with E-state index in [0.717, 1.165) is 4.90 Å². The SMILES string of the molecule is CSc1ccc(C(=O)Nc2sccc2C(N)=O)cc1. The predicted molar refractivity (Wildman–Crippen MR) is 79.0 cm³/mol. The number of hydrogen-bond donors (Lipinski definition) is 2. The number of rotatable bonds is 4. The van der Waals surface area contributed by atoms with Crippen LogP contribution in [-0.4, -0.2) is 18.1 Å². The molecule has 0 saturated carbocycles. The molecular formula is C13H12N2O2S2. The fraction of sp³-hybridized carbons (Fsp3) is 0.0769. The van der Waals surface area contributed by atoms with Crippen LogP contribution in [0.15, 0.2) is 40.6 Å². The third-order valence-electron chi connectivity index (χ3n) is 2.51. The summed E-state index contributed by atoms with van der Waals surface area (Å²) in [4.78, 5) is 24.3. The van der Waals surface area contributed by atoms with Gasteiger partial charge >= 0.3 is 0 Å². The number of benzene rings is 1. The number of amides is 2. The maximum Gasteiger partial charge on any atom is 0.256 e. The molecule has 98 valence electrons. The molecule has 0 fully saturated rings. The molecular weight excluding hydrogens is 280 g/mol. The lowest BCUT2D eigenvalue weighted by Crippen LogP contribution is -2.16. The van der Waals surface area contributed by atoms with Gasteiger partial charge in [-0.2, -0.15) is 0 Å². The summed E-state index contributed by atoms with van der Waals surface area (Å²) < 4.78 is 0. The number of carbonyl (C=O) groups is 2. The number of hydrogen-bond acceptors (Lipinski definition) is 4. The summed E-state index contributed by atoms with van der Waals surface area (Å²) in [6, 6.07) is 8.85. The summed E-state index contributed by atoms with van der Waals surface area (Å²) in [5.41, 5.74) is 6.10. The van der Waals surface area contributed by atoms with Gasteiger partial charge in [-0.15, -0.1) is 23.1 Å². The van der Waals surface area contributed by atoms with Crippen LogP contribution in [0.5, 0.6) is 0 Å². The van der Waals surface area contributed by atoms with E-state index in [1.54, 1.807) is 35.3 Å². The normalized spacial score (nSPS) is 10.2. The molecule has 0 saturated heterocycles. The third-order valence-corrected chi connectivity index (χ3v) is 4.08. The minimum Gasteiger partial charge on any atom is -0.366 e. The summed E-state index contributed by atoms with van der Waals surface area (Å²) in [6.45, 7) is 0. The smallest absolute Gasteiger partial charge is 0.256 e. The Kier molecular flexibility index (Phi) is 4.24. The average molecular weight is 292 g/mol. The molecule has 4 nitrogen and oxygen atoms in total. The minimum atomic E-state index is -0.547. The van der Waals surface area contributed by atoms with E-state index < -0.39 is 5.91 Å². The lowest BCUT2D eigenvalue weighted by molar-refractivity contribution is 0.100. The van der Waals surface area contributed by atoms with Crippen LogP contribution in [-0.2, 0) is 0 Å². The maximum atomic E-state index is 12.0. The van der Waals surface area contributed by atoms with Crippen LogP contribution in [0, 0.1) is 0 Å². The zero-order valence-electron chi connectivity index (χ0n) is 10.2. The van der Waals surface area contributed by atoms with Crippen LogP contribution < -0.4 is 11.1 Å². The summed E-state index contributed by atoms with van der Waals surface area (Å²) in [5, 5.41) is 4.89. The summed E-state index contributed by atoms with van der Waals surface area (Å²) >= 11 is 2.88. The van der Waals surface area contributed by atoms with Crippen molar-refractivity contribution in [3.05, 3.63) is 46.8 Å². The Labute approximate surface area is 119 Å². The zero-order valence-corrected chi connectivity index (χ0v) is 11.8. The molecule has 0 atom stereocenters. The molecule has 2 aromatic rings. The Bertz CT molecular complexity index is 605. The van der Waals surface area contributed by atoms with Crippen LogP contribution in [0.25, 0.3) is 0 Å². The summed E-state index contributed by atoms with van der Waals surface area (Å²) in [6.07, 6.45) is 1.97. The van der Waals surface area contributed by atoms with Crippen molar-refractivity contribution in [2.24, 2.45) is 5.73 Å². The monoisotopic (exact) mass is 292 g/mol. The molecule has 0 aliphatic carbocycles. The van der Waals surface area contributed by atoms with E-state index in [4.69, 9.17) is 5.73 Å². The summed E-state index contributed by atoms with van der Waals surface area (Å²) in [7, 11) is 0. The average Bonchev–Trinajstić information content (AvgIpc) is 2.87. The van der Waals surface area contributed by atoms with Crippen molar-refractivity contribution in [1.82, 2.24) is 0 Å². The first-order chi connectivity index (χ1) is 9.11. The topological polar surface area (TPSA) is 72.2 Å². The van der Waals surface area contributed by atoms with E-state index in [1.165, 1.54) is 11.3 Å². The van der Waals surface area contributed by atoms with E-state index in [-0.39, 0.29) is 5.91 Å². The highest BCUT2D eigenvalue weighted by molar-refractivity contribution is 7.98. The van der Waals surface area contributed by atoms with Crippen molar-refractivity contribution in [3.63, 3.8) is 0 Å². The Morgan fingerprint density at radius 3 is 2.47 bits per heavy atom. The first kappa shape index (κ1) is 13.6. The fourth-order valence-electron chi connectivity index (χ4n) is 1.52. The van der Waals surface area contributed by atoms with Crippen molar-refractivity contribution in [3.8, 4) is 0 Å². The second kappa shape index (κ2) is 5.90. The largest absolute Gasteiger partial charge is 0.366 e. The number of nitrogens with two attached hydrogens (primary N) is 1. The standard InChI is InChI=1S/C13H12N2O2S2/c1-18-9-4-2-8(3-5-9)12(17)15-13-10(11(14)16)6-7-19-13/h2-7H,1H3,(H2,14,16)(H,15,17). The molecule has 1 heterocycles. The van der Waals surface area contributed by atoms with Gasteiger partial charge in [0.2, 0.25) is 0 Å². The highest BCUT2D eigenvalue weighted by Gasteiger charge is 2.13. The van der Waals surface area contributed by atoms with E-state index in [9.17, 15) is 9.59 Å². The van der Waals surface area contributed by atoms with Crippen molar-refractivity contribution >= 4 is 39.9 Å². The van der Waals surface area contributed by atoms with Crippen molar-refractivity contribution in [2.75, 3.05) is 11.6 Å². The van der Waals surface area contributed by atoms with Gasteiger partial charge in [0, 0.05) is 10.5 Å². The number of carbonyl (C=O) groups excluding carboxylic acids is 2.